The molecule has 1 fully saturated rings. The van der Waals surface area contributed by atoms with Gasteiger partial charge in [0.25, 0.3) is 0 Å². The first-order valence-corrected chi connectivity index (χ1v) is 11.6. The Morgan fingerprint density at radius 1 is 0.824 bits per heavy atom. The molecule has 0 N–H and O–H groups in total. The third-order valence-electron chi connectivity index (χ3n) is 6.05. The smallest absolute Gasteiger partial charge is 0.246 e. The van der Waals surface area contributed by atoms with Gasteiger partial charge in [0.1, 0.15) is 18.2 Å². The van der Waals surface area contributed by atoms with Gasteiger partial charge in [0.2, 0.25) is 5.91 Å². The molecule has 1 aliphatic heterocycles. The number of hydrogen-bond donors (Lipinski definition) is 0. The number of rotatable bonds is 6. The Morgan fingerprint density at radius 2 is 1.56 bits per heavy atom. The molecule has 0 saturated carbocycles. The first-order valence-electron chi connectivity index (χ1n) is 11.6. The molecule has 0 unspecified atom stereocenters. The predicted octanol–water partition coefficient (Wildman–Crippen LogP) is 5.18. The van der Waals surface area contributed by atoms with Crippen LogP contribution in [-0.2, 0) is 11.4 Å². The normalized spacial score (nSPS) is 14.0. The summed E-state index contributed by atoms with van der Waals surface area (Å²) in [5.41, 5.74) is 3.10. The fourth-order valence-electron chi connectivity index (χ4n) is 4.08. The Morgan fingerprint density at radius 3 is 2.35 bits per heavy atom. The molecule has 1 aromatic heterocycles. The summed E-state index contributed by atoms with van der Waals surface area (Å²) >= 11 is 0. The molecule has 0 radical (unpaired) electrons. The quantitative estimate of drug-likeness (QED) is 0.381. The molecule has 0 spiro atoms. The first kappa shape index (κ1) is 21.7. The standard InChI is InChI=1S/C29H27N3O2/c33-29(17-12-23-10-14-26(15-11-23)34-22-24-6-2-1-3-7-24)32-20-18-31(19-21-32)28-16-13-25-8-4-5-9-27(25)30-28/h1-17H,18-22H2/b17-12+. The minimum Gasteiger partial charge on any atom is -0.489 e. The average molecular weight is 450 g/mol. The highest BCUT2D eigenvalue weighted by molar-refractivity contribution is 5.92. The van der Waals surface area contributed by atoms with Crippen LogP contribution in [-0.4, -0.2) is 42.0 Å². The molecule has 2 heterocycles. The lowest BCUT2D eigenvalue weighted by molar-refractivity contribution is -0.126. The van der Waals surface area contributed by atoms with Crippen LogP contribution in [0.3, 0.4) is 0 Å². The van der Waals surface area contributed by atoms with Crippen LogP contribution in [0.15, 0.2) is 97.1 Å². The summed E-state index contributed by atoms with van der Waals surface area (Å²) < 4.78 is 5.83. The van der Waals surface area contributed by atoms with Gasteiger partial charge in [0.05, 0.1) is 5.52 Å². The van der Waals surface area contributed by atoms with E-state index in [1.807, 2.05) is 83.8 Å². The first-order chi connectivity index (χ1) is 16.7. The molecule has 5 rings (SSSR count). The summed E-state index contributed by atoms with van der Waals surface area (Å²) in [5, 5.41) is 1.14. The van der Waals surface area contributed by atoms with E-state index in [9.17, 15) is 4.79 Å². The van der Waals surface area contributed by atoms with Crippen molar-refractivity contribution in [3.05, 3.63) is 108 Å². The number of hydrogen-bond acceptors (Lipinski definition) is 4. The number of pyridine rings is 1. The Labute approximate surface area is 199 Å². The van der Waals surface area contributed by atoms with Crippen molar-refractivity contribution in [3.8, 4) is 5.75 Å². The molecule has 1 aliphatic rings. The van der Waals surface area contributed by atoms with E-state index in [-0.39, 0.29) is 5.91 Å². The minimum absolute atomic E-state index is 0.0375. The number of anilines is 1. The average Bonchev–Trinajstić information content (AvgIpc) is 2.91. The number of benzene rings is 3. The molecule has 5 nitrogen and oxygen atoms in total. The molecule has 0 aliphatic carbocycles. The summed E-state index contributed by atoms with van der Waals surface area (Å²) in [4.78, 5) is 21.6. The van der Waals surface area contributed by atoms with E-state index >= 15 is 0 Å². The van der Waals surface area contributed by atoms with Crippen molar-refractivity contribution in [2.45, 2.75) is 6.61 Å². The van der Waals surface area contributed by atoms with Gasteiger partial charge in [-0.05, 0) is 47.5 Å². The number of aromatic nitrogens is 1. The number of fused-ring (bicyclic) bond motifs is 1. The molecule has 0 atom stereocenters. The summed E-state index contributed by atoms with van der Waals surface area (Å²) in [7, 11) is 0. The maximum absolute atomic E-state index is 12.7. The van der Waals surface area contributed by atoms with E-state index in [4.69, 9.17) is 9.72 Å². The van der Waals surface area contributed by atoms with Crippen LogP contribution in [0.2, 0.25) is 0 Å². The summed E-state index contributed by atoms with van der Waals surface area (Å²) in [6, 6.07) is 30.2. The molecule has 1 amide bonds. The Bertz CT molecular complexity index is 1280. The maximum Gasteiger partial charge on any atom is 0.246 e. The van der Waals surface area contributed by atoms with Crippen LogP contribution in [0.25, 0.3) is 17.0 Å². The van der Waals surface area contributed by atoms with Crippen LogP contribution < -0.4 is 9.64 Å². The summed E-state index contributed by atoms with van der Waals surface area (Å²) in [5.74, 6) is 1.82. The van der Waals surface area contributed by atoms with E-state index in [0.29, 0.717) is 19.7 Å². The highest BCUT2D eigenvalue weighted by Crippen LogP contribution is 2.20. The molecule has 170 valence electrons. The molecule has 0 bridgehead atoms. The van der Waals surface area contributed by atoms with Crippen LogP contribution in [0.5, 0.6) is 5.75 Å². The van der Waals surface area contributed by atoms with Crippen LogP contribution >= 0.6 is 0 Å². The van der Waals surface area contributed by atoms with E-state index in [2.05, 4.69) is 23.1 Å². The Hall–Kier alpha value is -4.12. The molecule has 5 heteroatoms. The third kappa shape index (κ3) is 5.26. The van der Waals surface area contributed by atoms with Crippen molar-refractivity contribution in [3.63, 3.8) is 0 Å². The number of piperazine rings is 1. The minimum atomic E-state index is 0.0375. The zero-order valence-electron chi connectivity index (χ0n) is 19.0. The summed E-state index contributed by atoms with van der Waals surface area (Å²) in [6.07, 6.45) is 3.52. The monoisotopic (exact) mass is 449 g/mol. The fourth-order valence-corrected chi connectivity index (χ4v) is 4.08. The molecule has 1 saturated heterocycles. The van der Waals surface area contributed by atoms with Gasteiger partial charge >= 0.3 is 0 Å². The molecule has 3 aromatic carbocycles. The van der Waals surface area contributed by atoms with Crippen molar-refractivity contribution in [1.29, 1.82) is 0 Å². The highest BCUT2D eigenvalue weighted by atomic mass is 16.5. The third-order valence-corrected chi connectivity index (χ3v) is 6.05. The predicted molar refractivity (Wildman–Crippen MR) is 137 cm³/mol. The second-order valence-corrected chi connectivity index (χ2v) is 8.35. The van der Waals surface area contributed by atoms with Crippen LogP contribution in [0.4, 0.5) is 5.82 Å². The largest absolute Gasteiger partial charge is 0.489 e. The lowest BCUT2D eigenvalue weighted by atomic mass is 10.2. The lowest BCUT2D eigenvalue weighted by Gasteiger charge is -2.35. The molecular formula is C29H27N3O2. The topological polar surface area (TPSA) is 45.7 Å². The second kappa shape index (κ2) is 10.2. The van der Waals surface area contributed by atoms with Crippen molar-refractivity contribution in [2.75, 3.05) is 31.1 Å². The van der Waals surface area contributed by atoms with Gasteiger partial charge in [-0.3, -0.25) is 4.79 Å². The number of amides is 1. The maximum atomic E-state index is 12.7. The van der Waals surface area contributed by atoms with Gasteiger partial charge < -0.3 is 14.5 Å². The number of carbonyl (C=O) groups is 1. The summed E-state index contributed by atoms with van der Waals surface area (Å²) in [6.45, 7) is 3.46. The van der Waals surface area contributed by atoms with Crippen molar-refractivity contribution < 1.29 is 9.53 Å². The van der Waals surface area contributed by atoms with E-state index in [0.717, 1.165) is 46.7 Å². The Balaban J connectivity index is 1.12. The van der Waals surface area contributed by atoms with Crippen molar-refractivity contribution >= 4 is 28.7 Å². The second-order valence-electron chi connectivity index (χ2n) is 8.35. The van der Waals surface area contributed by atoms with Gasteiger partial charge in [0.15, 0.2) is 0 Å². The van der Waals surface area contributed by atoms with Crippen LogP contribution in [0.1, 0.15) is 11.1 Å². The van der Waals surface area contributed by atoms with E-state index in [1.54, 1.807) is 6.08 Å². The number of ether oxygens (including phenoxy) is 1. The molecule has 4 aromatic rings. The van der Waals surface area contributed by atoms with Crippen molar-refractivity contribution in [2.24, 2.45) is 0 Å². The zero-order chi connectivity index (χ0) is 23.2. The number of para-hydroxylation sites is 1. The van der Waals surface area contributed by atoms with E-state index in [1.165, 1.54) is 0 Å². The lowest BCUT2D eigenvalue weighted by Crippen LogP contribution is -2.48. The van der Waals surface area contributed by atoms with Gasteiger partial charge in [-0.2, -0.15) is 0 Å². The zero-order valence-corrected chi connectivity index (χ0v) is 19.0. The highest BCUT2D eigenvalue weighted by Gasteiger charge is 2.20. The van der Waals surface area contributed by atoms with Gasteiger partial charge in [-0.25, -0.2) is 4.98 Å². The van der Waals surface area contributed by atoms with Crippen LogP contribution in [0, 0.1) is 0 Å². The number of carbonyl (C=O) groups excluding carboxylic acids is 1. The fraction of sp³-hybridized carbons (Fsp3) is 0.172. The van der Waals surface area contributed by atoms with Crippen molar-refractivity contribution in [1.82, 2.24) is 9.88 Å². The molecule has 34 heavy (non-hydrogen) atoms. The number of nitrogens with zero attached hydrogens (tertiary/aromatic N) is 3. The Kier molecular flexibility index (Phi) is 6.52. The van der Waals surface area contributed by atoms with E-state index < -0.39 is 0 Å². The molecular weight excluding hydrogens is 422 g/mol. The van der Waals surface area contributed by atoms with Gasteiger partial charge in [0, 0.05) is 37.6 Å². The van der Waals surface area contributed by atoms with Gasteiger partial charge in [-0.1, -0.05) is 60.7 Å². The SMILES string of the molecule is O=C(/C=C/c1ccc(OCc2ccccc2)cc1)N1CCN(c2ccc3ccccc3n2)CC1. The van der Waals surface area contributed by atoms with Gasteiger partial charge in [-0.15, -0.1) is 0 Å².